The largest absolute Gasteiger partial charge is 0.496 e. The van der Waals surface area contributed by atoms with Gasteiger partial charge in [0.15, 0.2) is 0 Å². The highest BCUT2D eigenvalue weighted by Gasteiger charge is 2.04. The number of hydrogen-bond donors (Lipinski definition) is 1. The maximum absolute atomic E-state index is 13.2. The van der Waals surface area contributed by atoms with Gasteiger partial charge in [0.2, 0.25) is 0 Å². The average molecular weight is 196 g/mol. The Morgan fingerprint density at radius 1 is 1.50 bits per heavy atom. The number of halogens is 1. The Kier molecular flexibility index (Phi) is 3.65. The summed E-state index contributed by atoms with van der Waals surface area (Å²) in [4.78, 5) is 0. The first-order chi connectivity index (χ1) is 6.69. The lowest BCUT2D eigenvalue weighted by atomic mass is 10.1. The van der Waals surface area contributed by atoms with Gasteiger partial charge in [-0.2, -0.15) is 0 Å². The highest BCUT2D eigenvalue weighted by Crippen LogP contribution is 2.23. The summed E-state index contributed by atoms with van der Waals surface area (Å²) in [5.41, 5.74) is 1.17. The van der Waals surface area contributed by atoms with Crippen LogP contribution in [0.3, 0.4) is 0 Å². The fourth-order valence-electron chi connectivity index (χ4n) is 1.16. The first-order valence-electron chi connectivity index (χ1n) is 4.30. The lowest BCUT2D eigenvalue weighted by Gasteiger charge is -2.06. The molecule has 0 spiro atoms. The number of aliphatic hydroxyl groups is 1. The molecule has 0 aliphatic rings. The average Bonchev–Trinajstić information content (AvgIpc) is 2.19. The number of methoxy groups -OCH3 is 1. The van der Waals surface area contributed by atoms with Crippen molar-refractivity contribution in [3.8, 4) is 5.75 Å². The van der Waals surface area contributed by atoms with Crippen LogP contribution in [0.4, 0.5) is 4.39 Å². The van der Waals surface area contributed by atoms with Gasteiger partial charge in [-0.1, -0.05) is 12.2 Å². The number of rotatable bonds is 3. The van der Waals surface area contributed by atoms with Gasteiger partial charge in [0, 0.05) is 5.56 Å². The van der Waals surface area contributed by atoms with Crippen molar-refractivity contribution in [3.05, 3.63) is 35.2 Å². The molecule has 0 radical (unpaired) electrons. The third-order valence-electron chi connectivity index (χ3n) is 1.91. The van der Waals surface area contributed by atoms with Gasteiger partial charge >= 0.3 is 0 Å². The lowest BCUT2D eigenvalue weighted by molar-refractivity contribution is 0.343. The van der Waals surface area contributed by atoms with Crippen LogP contribution in [0.2, 0.25) is 0 Å². The highest BCUT2D eigenvalue weighted by molar-refractivity contribution is 5.58. The topological polar surface area (TPSA) is 29.5 Å². The van der Waals surface area contributed by atoms with Crippen molar-refractivity contribution in [3.63, 3.8) is 0 Å². The molecule has 1 aromatic rings. The summed E-state index contributed by atoms with van der Waals surface area (Å²) in [6, 6.07) is 3.02. The summed E-state index contributed by atoms with van der Waals surface area (Å²) in [6.45, 7) is 1.61. The fourth-order valence-corrected chi connectivity index (χ4v) is 1.16. The van der Waals surface area contributed by atoms with Crippen LogP contribution in [-0.2, 0) is 0 Å². The normalized spacial score (nSPS) is 10.9. The highest BCUT2D eigenvalue weighted by atomic mass is 19.1. The van der Waals surface area contributed by atoms with E-state index in [1.165, 1.54) is 19.3 Å². The van der Waals surface area contributed by atoms with Crippen LogP contribution >= 0.6 is 0 Å². The number of hydrogen-bond acceptors (Lipinski definition) is 2. The summed E-state index contributed by atoms with van der Waals surface area (Å²) < 4.78 is 18.2. The number of ether oxygens (including phenoxy) is 1. The van der Waals surface area contributed by atoms with Crippen LogP contribution < -0.4 is 4.74 Å². The molecule has 0 aliphatic heterocycles. The molecule has 14 heavy (non-hydrogen) atoms. The number of benzene rings is 1. The van der Waals surface area contributed by atoms with E-state index in [1.54, 1.807) is 19.1 Å². The second kappa shape index (κ2) is 4.77. The van der Waals surface area contributed by atoms with Crippen molar-refractivity contribution in [1.29, 1.82) is 0 Å². The molecule has 2 nitrogen and oxygen atoms in total. The second-order valence-electron chi connectivity index (χ2n) is 2.93. The third-order valence-corrected chi connectivity index (χ3v) is 1.91. The molecule has 0 unspecified atom stereocenters. The zero-order valence-corrected chi connectivity index (χ0v) is 8.25. The van der Waals surface area contributed by atoms with E-state index >= 15 is 0 Å². The molecule has 0 atom stereocenters. The minimum absolute atomic E-state index is 0.0708. The molecule has 76 valence electrons. The van der Waals surface area contributed by atoms with E-state index < -0.39 is 0 Å². The van der Waals surface area contributed by atoms with E-state index in [0.717, 1.165) is 0 Å². The van der Waals surface area contributed by atoms with Gasteiger partial charge in [-0.15, -0.1) is 0 Å². The molecule has 0 saturated heterocycles. The van der Waals surface area contributed by atoms with E-state index in [9.17, 15) is 4.39 Å². The van der Waals surface area contributed by atoms with Crippen LogP contribution in [0.25, 0.3) is 6.08 Å². The van der Waals surface area contributed by atoms with Crippen molar-refractivity contribution in [2.24, 2.45) is 0 Å². The molecular weight excluding hydrogens is 183 g/mol. The Labute approximate surface area is 82.6 Å². The maximum atomic E-state index is 13.2. The Morgan fingerprint density at radius 3 is 2.79 bits per heavy atom. The Bertz CT molecular complexity index is 345. The van der Waals surface area contributed by atoms with E-state index in [0.29, 0.717) is 16.9 Å². The standard InChI is InChI=1S/C11H13FO2/c1-8-6-11(14-2)9(4-3-5-13)7-10(8)12/h3-4,6-7,13H,5H2,1-2H3/b4-3+. The second-order valence-corrected chi connectivity index (χ2v) is 2.93. The predicted octanol–water partition coefficient (Wildman–Crippen LogP) is 2.15. The van der Waals surface area contributed by atoms with E-state index in [4.69, 9.17) is 9.84 Å². The zero-order chi connectivity index (χ0) is 10.6. The molecule has 0 bridgehead atoms. The minimum Gasteiger partial charge on any atom is -0.496 e. The lowest BCUT2D eigenvalue weighted by Crippen LogP contribution is -1.91. The molecule has 0 amide bonds. The van der Waals surface area contributed by atoms with E-state index in [1.807, 2.05) is 0 Å². The van der Waals surface area contributed by atoms with Crippen molar-refractivity contribution in [1.82, 2.24) is 0 Å². The molecule has 0 aromatic heterocycles. The molecule has 1 aromatic carbocycles. The van der Waals surface area contributed by atoms with Gasteiger partial charge in [0.1, 0.15) is 11.6 Å². The molecular formula is C11H13FO2. The maximum Gasteiger partial charge on any atom is 0.126 e. The minimum atomic E-state index is -0.275. The quantitative estimate of drug-likeness (QED) is 0.802. The van der Waals surface area contributed by atoms with Gasteiger partial charge in [0.05, 0.1) is 13.7 Å². The summed E-state index contributed by atoms with van der Waals surface area (Å²) >= 11 is 0. The Hall–Kier alpha value is -1.35. The molecule has 0 fully saturated rings. The van der Waals surface area contributed by atoms with Crippen LogP contribution in [0.1, 0.15) is 11.1 Å². The third kappa shape index (κ3) is 2.33. The summed E-state index contributed by atoms with van der Waals surface area (Å²) in [6.07, 6.45) is 3.16. The summed E-state index contributed by atoms with van der Waals surface area (Å²) in [5, 5.41) is 8.59. The van der Waals surface area contributed by atoms with Crippen LogP contribution in [0.15, 0.2) is 18.2 Å². The van der Waals surface area contributed by atoms with Gasteiger partial charge in [-0.3, -0.25) is 0 Å². The van der Waals surface area contributed by atoms with Gasteiger partial charge in [-0.05, 0) is 24.6 Å². The summed E-state index contributed by atoms with van der Waals surface area (Å²) in [7, 11) is 1.53. The Morgan fingerprint density at radius 2 is 2.21 bits per heavy atom. The van der Waals surface area contributed by atoms with Crippen LogP contribution in [0.5, 0.6) is 5.75 Å². The first-order valence-corrected chi connectivity index (χ1v) is 4.30. The first kappa shape index (κ1) is 10.7. The zero-order valence-electron chi connectivity index (χ0n) is 8.25. The van der Waals surface area contributed by atoms with Crippen LogP contribution in [-0.4, -0.2) is 18.8 Å². The van der Waals surface area contributed by atoms with Gasteiger partial charge in [-0.25, -0.2) is 4.39 Å². The molecule has 1 N–H and O–H groups in total. The Balaban J connectivity index is 3.13. The smallest absolute Gasteiger partial charge is 0.126 e. The van der Waals surface area contributed by atoms with Gasteiger partial charge in [0.25, 0.3) is 0 Å². The van der Waals surface area contributed by atoms with E-state index in [2.05, 4.69) is 0 Å². The molecule has 0 heterocycles. The monoisotopic (exact) mass is 196 g/mol. The fraction of sp³-hybridized carbons (Fsp3) is 0.273. The van der Waals surface area contributed by atoms with Crippen molar-refractivity contribution >= 4 is 6.08 Å². The van der Waals surface area contributed by atoms with Crippen molar-refractivity contribution in [2.45, 2.75) is 6.92 Å². The van der Waals surface area contributed by atoms with Gasteiger partial charge < -0.3 is 9.84 Å². The van der Waals surface area contributed by atoms with Crippen LogP contribution in [0, 0.1) is 12.7 Å². The van der Waals surface area contributed by atoms with Crippen molar-refractivity contribution < 1.29 is 14.2 Å². The molecule has 1 rings (SSSR count). The SMILES string of the molecule is COc1cc(C)c(F)cc1/C=C/CO. The predicted molar refractivity (Wildman–Crippen MR) is 53.8 cm³/mol. The number of aryl methyl sites for hydroxylation is 1. The molecule has 3 heteroatoms. The summed E-state index contributed by atoms with van der Waals surface area (Å²) in [5.74, 6) is 0.331. The van der Waals surface area contributed by atoms with E-state index in [-0.39, 0.29) is 12.4 Å². The molecule has 0 aliphatic carbocycles. The van der Waals surface area contributed by atoms with Crippen molar-refractivity contribution in [2.75, 3.05) is 13.7 Å². The number of aliphatic hydroxyl groups excluding tert-OH is 1. The molecule has 0 saturated carbocycles.